The fourth-order valence-electron chi connectivity index (χ4n) is 1.67. The average molecular weight is 270 g/mol. The van der Waals surface area contributed by atoms with E-state index in [1.165, 1.54) is 4.31 Å². The van der Waals surface area contributed by atoms with Crippen molar-refractivity contribution < 1.29 is 13.2 Å². The Bertz CT molecular complexity index is 336. The van der Waals surface area contributed by atoms with Crippen LogP contribution >= 0.6 is 11.6 Å². The predicted octanol–water partition coefficient (Wildman–Crippen LogP) is 1.44. The molecule has 0 bridgehead atoms. The molecule has 1 saturated heterocycles. The van der Waals surface area contributed by atoms with Gasteiger partial charge >= 0.3 is 0 Å². The van der Waals surface area contributed by atoms with Gasteiger partial charge in [-0.3, -0.25) is 0 Å². The lowest BCUT2D eigenvalue weighted by Crippen LogP contribution is -2.53. The Morgan fingerprint density at radius 3 is 2.38 bits per heavy atom. The van der Waals surface area contributed by atoms with E-state index in [0.29, 0.717) is 19.0 Å². The number of sulfonamides is 1. The number of rotatable bonds is 2. The number of halogens is 1. The normalized spacial score (nSPS) is 29.3. The fraction of sp³-hybridized carbons (Fsp3) is 1.00. The van der Waals surface area contributed by atoms with Crippen molar-refractivity contribution in [2.75, 3.05) is 19.0 Å². The van der Waals surface area contributed by atoms with Crippen molar-refractivity contribution in [3.8, 4) is 0 Å². The summed E-state index contributed by atoms with van der Waals surface area (Å²) < 4.78 is 30.7. The summed E-state index contributed by atoms with van der Waals surface area (Å²) in [6.07, 6.45) is -0.308. The highest BCUT2D eigenvalue weighted by Gasteiger charge is 2.39. The Kier molecular flexibility index (Phi) is 4.27. The first-order valence-corrected chi connectivity index (χ1v) is 7.37. The van der Waals surface area contributed by atoms with E-state index < -0.39 is 14.8 Å². The molecule has 2 unspecified atom stereocenters. The molecule has 0 aliphatic carbocycles. The zero-order valence-electron chi connectivity index (χ0n) is 10.2. The van der Waals surface area contributed by atoms with Crippen molar-refractivity contribution in [1.29, 1.82) is 0 Å². The largest absolute Gasteiger partial charge is 0.371 e. The monoisotopic (exact) mass is 269 g/mol. The van der Waals surface area contributed by atoms with Gasteiger partial charge in [0.05, 0.1) is 17.0 Å². The van der Waals surface area contributed by atoms with E-state index in [1.807, 2.05) is 6.92 Å². The highest BCUT2D eigenvalue weighted by atomic mass is 35.5. The van der Waals surface area contributed by atoms with E-state index in [4.69, 9.17) is 16.3 Å². The maximum atomic E-state index is 12.2. The van der Waals surface area contributed by atoms with E-state index in [-0.39, 0.29) is 12.2 Å². The molecule has 1 aliphatic rings. The van der Waals surface area contributed by atoms with Crippen LogP contribution in [0.15, 0.2) is 0 Å². The molecule has 1 aliphatic heterocycles. The number of hydrogen-bond donors (Lipinski definition) is 0. The highest BCUT2D eigenvalue weighted by Crippen LogP contribution is 2.24. The third-order valence-electron chi connectivity index (χ3n) is 2.58. The van der Waals surface area contributed by atoms with E-state index in [9.17, 15) is 8.42 Å². The maximum absolute atomic E-state index is 12.2. The van der Waals surface area contributed by atoms with Crippen LogP contribution in [-0.4, -0.2) is 48.6 Å². The zero-order valence-corrected chi connectivity index (χ0v) is 11.8. The molecule has 6 heteroatoms. The minimum Gasteiger partial charge on any atom is -0.371 e. The first-order valence-electron chi connectivity index (χ1n) is 5.39. The number of alkyl halides is 1. The molecule has 1 rings (SSSR count). The van der Waals surface area contributed by atoms with Gasteiger partial charge in [0.1, 0.15) is 0 Å². The first kappa shape index (κ1) is 14.2. The average Bonchev–Trinajstić information content (AvgIpc) is 2.15. The van der Waals surface area contributed by atoms with E-state index in [2.05, 4.69) is 0 Å². The summed E-state index contributed by atoms with van der Waals surface area (Å²) in [6.45, 7) is 7.75. The van der Waals surface area contributed by atoms with Crippen LogP contribution in [0, 0.1) is 0 Å². The number of nitrogens with zero attached hydrogens (tertiary/aromatic N) is 1. The molecular weight excluding hydrogens is 250 g/mol. The van der Waals surface area contributed by atoms with Crippen LogP contribution < -0.4 is 0 Å². The van der Waals surface area contributed by atoms with E-state index in [1.54, 1.807) is 20.8 Å². The second-order valence-corrected chi connectivity index (χ2v) is 8.16. The third kappa shape index (κ3) is 2.88. The lowest BCUT2D eigenvalue weighted by molar-refractivity contribution is -0.0427. The lowest BCUT2D eigenvalue weighted by atomic mass is 10.3. The Balaban J connectivity index is 2.88. The van der Waals surface area contributed by atoms with Gasteiger partial charge in [-0.1, -0.05) is 0 Å². The maximum Gasteiger partial charge on any atom is 0.219 e. The van der Waals surface area contributed by atoms with Crippen LogP contribution in [0.4, 0.5) is 0 Å². The van der Waals surface area contributed by atoms with Gasteiger partial charge in [0.25, 0.3) is 0 Å². The van der Waals surface area contributed by atoms with Gasteiger partial charge in [-0.05, 0) is 27.7 Å². The topological polar surface area (TPSA) is 46.6 Å². The Morgan fingerprint density at radius 1 is 1.38 bits per heavy atom. The summed E-state index contributed by atoms with van der Waals surface area (Å²) in [6, 6.07) is 0. The van der Waals surface area contributed by atoms with E-state index in [0.717, 1.165) is 0 Å². The summed E-state index contributed by atoms with van der Waals surface area (Å²) in [5.74, 6) is 0.320. The molecule has 2 atom stereocenters. The molecule has 1 fully saturated rings. The zero-order chi connectivity index (χ0) is 12.6. The molecule has 0 N–H and O–H groups in total. The molecule has 0 spiro atoms. The van der Waals surface area contributed by atoms with Gasteiger partial charge in [0, 0.05) is 19.0 Å². The van der Waals surface area contributed by atoms with Crippen LogP contribution in [0.3, 0.4) is 0 Å². The molecular formula is C10H20ClNO3S. The summed E-state index contributed by atoms with van der Waals surface area (Å²) >= 11 is 5.73. The summed E-state index contributed by atoms with van der Waals surface area (Å²) in [7, 11) is -3.28. The molecule has 0 aromatic carbocycles. The number of morpholine rings is 1. The SMILES string of the molecule is CC1CN(S(=O)(=O)C(C)(C)C)CC(CCl)O1. The predicted molar refractivity (Wildman–Crippen MR) is 65.3 cm³/mol. The van der Waals surface area contributed by atoms with Gasteiger partial charge in [0.15, 0.2) is 0 Å². The molecule has 0 amide bonds. The molecule has 0 saturated carbocycles. The highest BCUT2D eigenvalue weighted by molar-refractivity contribution is 7.90. The molecule has 16 heavy (non-hydrogen) atoms. The van der Waals surface area contributed by atoms with Crippen molar-refractivity contribution >= 4 is 21.6 Å². The molecule has 96 valence electrons. The van der Waals surface area contributed by atoms with Gasteiger partial charge in [-0.25, -0.2) is 8.42 Å². The molecule has 0 radical (unpaired) electrons. The van der Waals surface area contributed by atoms with Crippen molar-refractivity contribution in [1.82, 2.24) is 4.31 Å². The van der Waals surface area contributed by atoms with Crippen molar-refractivity contribution in [3.63, 3.8) is 0 Å². The second-order valence-electron chi connectivity index (χ2n) is 5.16. The Morgan fingerprint density at radius 2 is 1.94 bits per heavy atom. The Hall–Kier alpha value is 0.160. The van der Waals surface area contributed by atoms with E-state index >= 15 is 0 Å². The second kappa shape index (κ2) is 4.80. The smallest absolute Gasteiger partial charge is 0.219 e. The van der Waals surface area contributed by atoms with Crippen LogP contribution in [0.25, 0.3) is 0 Å². The minimum atomic E-state index is -3.28. The fourth-order valence-corrected chi connectivity index (χ4v) is 3.39. The quantitative estimate of drug-likeness (QED) is 0.713. The van der Waals surface area contributed by atoms with Gasteiger partial charge in [0.2, 0.25) is 10.0 Å². The van der Waals surface area contributed by atoms with Crippen molar-refractivity contribution in [3.05, 3.63) is 0 Å². The molecule has 1 heterocycles. The van der Waals surface area contributed by atoms with Crippen LogP contribution in [0.2, 0.25) is 0 Å². The third-order valence-corrected chi connectivity index (χ3v) is 5.45. The number of hydrogen-bond acceptors (Lipinski definition) is 3. The number of ether oxygens (including phenoxy) is 1. The van der Waals surface area contributed by atoms with Crippen LogP contribution in [0.5, 0.6) is 0 Å². The lowest BCUT2D eigenvalue weighted by Gasteiger charge is -2.38. The molecule has 4 nitrogen and oxygen atoms in total. The standard InChI is InChI=1S/C10H20ClNO3S/c1-8-6-12(7-9(5-11)15-8)16(13,14)10(2,3)4/h8-9H,5-7H2,1-4H3. The molecule has 0 aromatic heterocycles. The van der Waals surface area contributed by atoms with Crippen LogP contribution in [-0.2, 0) is 14.8 Å². The molecule has 0 aromatic rings. The van der Waals surface area contributed by atoms with Gasteiger partial charge in [-0.2, -0.15) is 4.31 Å². The van der Waals surface area contributed by atoms with Gasteiger partial charge < -0.3 is 4.74 Å². The van der Waals surface area contributed by atoms with Gasteiger partial charge in [-0.15, -0.1) is 11.6 Å². The van der Waals surface area contributed by atoms with Crippen molar-refractivity contribution in [2.45, 2.75) is 44.6 Å². The summed E-state index contributed by atoms with van der Waals surface area (Å²) in [4.78, 5) is 0. The Labute approximate surface area is 103 Å². The van der Waals surface area contributed by atoms with Crippen molar-refractivity contribution in [2.24, 2.45) is 0 Å². The van der Waals surface area contributed by atoms with Crippen LogP contribution in [0.1, 0.15) is 27.7 Å². The summed E-state index contributed by atoms with van der Waals surface area (Å²) in [5, 5.41) is 0. The first-order chi connectivity index (χ1) is 7.18. The minimum absolute atomic E-state index is 0.102. The summed E-state index contributed by atoms with van der Waals surface area (Å²) in [5.41, 5.74) is 0.